The topological polar surface area (TPSA) is 74.6 Å². The minimum atomic E-state index is -0.879. The molecule has 0 heterocycles. The van der Waals surface area contributed by atoms with E-state index >= 15 is 0 Å². The van der Waals surface area contributed by atoms with Crippen LogP contribution < -0.4 is 0 Å². The zero-order valence-corrected chi connectivity index (χ0v) is 12.2. The summed E-state index contributed by atoms with van der Waals surface area (Å²) >= 11 is 0. The van der Waals surface area contributed by atoms with Gasteiger partial charge in [0.2, 0.25) is 0 Å². The molecule has 2 aromatic carbocycles. The van der Waals surface area contributed by atoms with Crippen LogP contribution in [0.2, 0.25) is 0 Å². The van der Waals surface area contributed by atoms with Crippen LogP contribution in [0.4, 0.5) is 0 Å². The quantitative estimate of drug-likeness (QED) is 0.759. The Kier molecular flexibility index (Phi) is 8.09. The van der Waals surface area contributed by atoms with Crippen molar-refractivity contribution in [2.75, 3.05) is 0 Å². The van der Waals surface area contributed by atoms with Crippen molar-refractivity contribution in [3.05, 3.63) is 71.8 Å². The normalized spacial score (nSPS) is 8.42. The van der Waals surface area contributed by atoms with Crippen LogP contribution in [0.3, 0.4) is 0 Å². The van der Waals surface area contributed by atoms with Gasteiger partial charge in [-0.3, -0.25) is 0 Å². The molecule has 0 aliphatic carbocycles. The van der Waals surface area contributed by atoms with Crippen LogP contribution in [0.15, 0.2) is 60.7 Å². The summed E-state index contributed by atoms with van der Waals surface area (Å²) in [6, 6.07) is 16.6. The van der Waals surface area contributed by atoms with E-state index in [0.29, 0.717) is 11.1 Å². The number of aromatic carboxylic acids is 2. The molecule has 2 aromatic rings. The van der Waals surface area contributed by atoms with Crippen molar-refractivity contribution in [3.63, 3.8) is 0 Å². The van der Waals surface area contributed by atoms with Gasteiger partial charge in [0.15, 0.2) is 0 Å². The number of rotatable bonds is 2. The maximum Gasteiger partial charge on any atom is 0.335 e. The molecule has 0 spiro atoms. The molecule has 5 heteroatoms. The molecule has 0 aliphatic rings. The maximum absolute atomic E-state index is 10.2. The predicted molar refractivity (Wildman–Crippen MR) is 66.8 cm³/mol. The molecule has 19 heavy (non-hydrogen) atoms. The Bertz CT molecular complexity index is 462. The molecular weight excluding hydrogens is 424 g/mol. The molecule has 1 radical (unpaired) electrons. The third kappa shape index (κ3) is 6.50. The van der Waals surface area contributed by atoms with Crippen LogP contribution in [0.5, 0.6) is 0 Å². The Balaban J connectivity index is 0.000000324. The maximum atomic E-state index is 10.2. The number of carboxylic acids is 2. The second-order valence-electron chi connectivity index (χ2n) is 3.34. The first-order valence-corrected chi connectivity index (χ1v) is 5.18. The van der Waals surface area contributed by atoms with Gasteiger partial charge >= 0.3 is 11.9 Å². The van der Waals surface area contributed by atoms with Crippen molar-refractivity contribution in [2.45, 2.75) is 0 Å². The monoisotopic (exact) mass is 437 g/mol. The zero-order chi connectivity index (χ0) is 13.4. The van der Waals surface area contributed by atoms with E-state index in [4.69, 9.17) is 10.2 Å². The number of carbonyl (C=O) groups is 2. The van der Waals surface area contributed by atoms with E-state index in [1.807, 2.05) is 0 Å². The SMILES string of the molecule is O=C(O)c1ccccc1.O=C(O)c1ccccc1.[Ir]. The average molecular weight is 436 g/mol. The number of hydrogen-bond donors (Lipinski definition) is 2. The summed E-state index contributed by atoms with van der Waals surface area (Å²) in [5.74, 6) is -1.76. The minimum absolute atomic E-state index is 0. The van der Waals surface area contributed by atoms with Crippen molar-refractivity contribution in [1.82, 2.24) is 0 Å². The fraction of sp³-hybridized carbons (Fsp3) is 0. The summed E-state index contributed by atoms with van der Waals surface area (Å²) in [6.07, 6.45) is 0. The third-order valence-electron chi connectivity index (χ3n) is 2.04. The fourth-order valence-corrected chi connectivity index (χ4v) is 1.16. The van der Waals surface area contributed by atoms with Gasteiger partial charge in [-0.05, 0) is 24.3 Å². The fourth-order valence-electron chi connectivity index (χ4n) is 1.16. The van der Waals surface area contributed by atoms with E-state index in [2.05, 4.69) is 0 Å². The molecule has 2 N–H and O–H groups in total. The molecule has 0 aromatic heterocycles. The average Bonchev–Trinajstić information content (AvgIpc) is 2.41. The Morgan fingerprint density at radius 3 is 1.05 bits per heavy atom. The number of hydrogen-bond acceptors (Lipinski definition) is 2. The van der Waals surface area contributed by atoms with Gasteiger partial charge in [0, 0.05) is 20.1 Å². The second kappa shape index (κ2) is 9.03. The van der Waals surface area contributed by atoms with Gasteiger partial charge in [-0.1, -0.05) is 36.4 Å². The Hall–Kier alpha value is -1.97. The number of carboxylic acid groups (broad SMARTS) is 2. The van der Waals surface area contributed by atoms with Crippen LogP contribution >= 0.6 is 0 Å². The van der Waals surface area contributed by atoms with Crippen molar-refractivity contribution in [2.24, 2.45) is 0 Å². The summed E-state index contributed by atoms with van der Waals surface area (Å²) in [5, 5.41) is 16.8. The van der Waals surface area contributed by atoms with Gasteiger partial charge in [-0.2, -0.15) is 0 Å². The Morgan fingerprint density at radius 2 is 0.895 bits per heavy atom. The van der Waals surface area contributed by atoms with E-state index in [1.165, 1.54) is 0 Å². The van der Waals surface area contributed by atoms with E-state index in [-0.39, 0.29) is 20.1 Å². The van der Waals surface area contributed by atoms with E-state index in [0.717, 1.165) is 0 Å². The van der Waals surface area contributed by atoms with Gasteiger partial charge in [-0.25, -0.2) is 9.59 Å². The van der Waals surface area contributed by atoms with Gasteiger partial charge < -0.3 is 10.2 Å². The smallest absolute Gasteiger partial charge is 0.335 e. The molecule has 0 fully saturated rings. The van der Waals surface area contributed by atoms with Crippen LogP contribution in [0.25, 0.3) is 0 Å². The number of benzene rings is 2. The van der Waals surface area contributed by atoms with Crippen molar-refractivity contribution < 1.29 is 39.9 Å². The molecule has 0 saturated carbocycles. The molecule has 101 valence electrons. The van der Waals surface area contributed by atoms with Gasteiger partial charge in [-0.15, -0.1) is 0 Å². The van der Waals surface area contributed by atoms with Crippen LogP contribution in [-0.2, 0) is 20.1 Å². The van der Waals surface area contributed by atoms with Gasteiger partial charge in [0.25, 0.3) is 0 Å². The molecule has 0 aliphatic heterocycles. The molecule has 0 amide bonds. The Morgan fingerprint density at radius 1 is 0.632 bits per heavy atom. The first-order chi connectivity index (χ1) is 8.61. The zero-order valence-electron chi connectivity index (χ0n) is 9.82. The molecule has 0 bridgehead atoms. The summed E-state index contributed by atoms with van der Waals surface area (Å²) in [7, 11) is 0. The summed E-state index contributed by atoms with van der Waals surface area (Å²) in [4.78, 5) is 20.4. The largest absolute Gasteiger partial charge is 0.478 e. The van der Waals surface area contributed by atoms with E-state index in [9.17, 15) is 9.59 Å². The molecule has 0 atom stereocenters. The first kappa shape index (κ1) is 17.0. The predicted octanol–water partition coefficient (Wildman–Crippen LogP) is 2.77. The standard InChI is InChI=1S/2C7H6O2.Ir/c2*8-7(9)6-4-2-1-3-5-6;/h2*1-5H,(H,8,9);. The van der Waals surface area contributed by atoms with Crippen LogP contribution in [-0.4, -0.2) is 22.2 Å². The van der Waals surface area contributed by atoms with Crippen molar-refractivity contribution in [1.29, 1.82) is 0 Å². The minimum Gasteiger partial charge on any atom is -0.478 e. The van der Waals surface area contributed by atoms with Crippen LogP contribution in [0.1, 0.15) is 20.7 Å². The summed E-state index contributed by atoms with van der Waals surface area (Å²) in [5.41, 5.74) is 0.662. The summed E-state index contributed by atoms with van der Waals surface area (Å²) in [6.45, 7) is 0. The molecular formula is C14H12IrO4. The van der Waals surface area contributed by atoms with Crippen LogP contribution in [0, 0.1) is 0 Å². The second-order valence-corrected chi connectivity index (χ2v) is 3.34. The Labute approximate surface area is 124 Å². The first-order valence-electron chi connectivity index (χ1n) is 5.18. The molecule has 0 unspecified atom stereocenters. The van der Waals surface area contributed by atoms with Crippen molar-refractivity contribution in [3.8, 4) is 0 Å². The summed E-state index contributed by atoms with van der Waals surface area (Å²) < 4.78 is 0. The molecule has 4 nitrogen and oxygen atoms in total. The van der Waals surface area contributed by atoms with Gasteiger partial charge in [0.05, 0.1) is 11.1 Å². The van der Waals surface area contributed by atoms with Crippen molar-refractivity contribution >= 4 is 11.9 Å². The third-order valence-corrected chi connectivity index (χ3v) is 2.04. The molecule has 2 rings (SSSR count). The van der Waals surface area contributed by atoms with Gasteiger partial charge in [0.1, 0.15) is 0 Å². The van der Waals surface area contributed by atoms with E-state index in [1.54, 1.807) is 60.7 Å². The molecule has 0 saturated heterocycles. The van der Waals surface area contributed by atoms with E-state index < -0.39 is 11.9 Å².